The quantitative estimate of drug-likeness (QED) is 0.604. The number of aliphatic hydroxyl groups is 1. The highest BCUT2D eigenvalue weighted by Crippen LogP contribution is 2.15. The summed E-state index contributed by atoms with van der Waals surface area (Å²) in [6.07, 6.45) is 1.98. The van der Waals surface area contributed by atoms with Crippen LogP contribution < -0.4 is 10.1 Å². The van der Waals surface area contributed by atoms with Crippen LogP contribution in [0.15, 0.2) is 54.9 Å². The van der Waals surface area contributed by atoms with Crippen molar-refractivity contribution in [2.24, 2.45) is 0 Å². The molecule has 1 heterocycles. The molecule has 2 aromatic carbocycles. The van der Waals surface area contributed by atoms with Crippen LogP contribution in [0.5, 0.6) is 5.75 Å². The van der Waals surface area contributed by atoms with Crippen LogP contribution in [0.25, 0.3) is 5.69 Å². The third-order valence-electron chi connectivity index (χ3n) is 4.44. The van der Waals surface area contributed by atoms with Gasteiger partial charge in [-0.1, -0.05) is 31.2 Å². The highest BCUT2D eigenvalue weighted by molar-refractivity contribution is 5.34. The predicted molar refractivity (Wildman–Crippen MR) is 103 cm³/mol. The van der Waals surface area contributed by atoms with Gasteiger partial charge in [0.1, 0.15) is 24.8 Å². The number of benzene rings is 2. The number of ether oxygens (including phenoxy) is 1. The summed E-state index contributed by atoms with van der Waals surface area (Å²) in [7, 11) is 0. The molecule has 3 aromatic rings. The van der Waals surface area contributed by atoms with Gasteiger partial charge in [0.25, 0.3) is 0 Å². The number of hydrogen-bond donors (Lipinski definition) is 2. The molecule has 27 heavy (non-hydrogen) atoms. The van der Waals surface area contributed by atoms with Gasteiger partial charge in [-0.25, -0.2) is 4.68 Å². The Morgan fingerprint density at radius 2 is 1.85 bits per heavy atom. The maximum atomic E-state index is 10.2. The van der Waals surface area contributed by atoms with Crippen LogP contribution in [0.1, 0.15) is 31.0 Å². The highest BCUT2D eigenvalue weighted by Gasteiger charge is 2.10. The van der Waals surface area contributed by atoms with Gasteiger partial charge in [-0.05, 0) is 59.2 Å². The summed E-state index contributed by atoms with van der Waals surface area (Å²) in [5.41, 5.74) is 3.29. The molecule has 0 bridgehead atoms. The number of tetrazole rings is 1. The average molecular weight is 367 g/mol. The van der Waals surface area contributed by atoms with E-state index in [0.717, 1.165) is 23.4 Å². The lowest BCUT2D eigenvalue weighted by molar-refractivity contribution is 0.104. The first-order valence-corrected chi connectivity index (χ1v) is 9.12. The third kappa shape index (κ3) is 5.35. The Bertz CT molecular complexity index is 803. The molecule has 142 valence electrons. The van der Waals surface area contributed by atoms with Gasteiger partial charge in [0.2, 0.25) is 0 Å². The van der Waals surface area contributed by atoms with Crippen molar-refractivity contribution in [1.82, 2.24) is 25.5 Å². The molecule has 0 aliphatic rings. The van der Waals surface area contributed by atoms with E-state index in [4.69, 9.17) is 4.74 Å². The fourth-order valence-electron chi connectivity index (χ4n) is 2.70. The Hall–Kier alpha value is -2.77. The Balaban J connectivity index is 1.44. The number of rotatable bonds is 9. The van der Waals surface area contributed by atoms with Gasteiger partial charge in [0, 0.05) is 12.6 Å². The van der Waals surface area contributed by atoms with E-state index >= 15 is 0 Å². The summed E-state index contributed by atoms with van der Waals surface area (Å²) < 4.78 is 7.26. The van der Waals surface area contributed by atoms with Crippen molar-refractivity contribution >= 4 is 0 Å². The average Bonchev–Trinajstić information content (AvgIpc) is 3.26. The van der Waals surface area contributed by atoms with E-state index in [0.29, 0.717) is 6.54 Å². The van der Waals surface area contributed by atoms with Gasteiger partial charge >= 0.3 is 0 Å². The zero-order valence-corrected chi connectivity index (χ0v) is 15.6. The van der Waals surface area contributed by atoms with Crippen molar-refractivity contribution in [3.8, 4) is 11.4 Å². The summed E-state index contributed by atoms with van der Waals surface area (Å²) in [6.45, 7) is 4.88. The zero-order valence-electron chi connectivity index (χ0n) is 15.6. The second-order valence-corrected chi connectivity index (χ2v) is 6.44. The second-order valence-electron chi connectivity index (χ2n) is 6.44. The van der Waals surface area contributed by atoms with Crippen molar-refractivity contribution in [2.45, 2.75) is 32.4 Å². The van der Waals surface area contributed by atoms with Crippen molar-refractivity contribution < 1.29 is 9.84 Å². The van der Waals surface area contributed by atoms with Crippen molar-refractivity contribution in [3.05, 3.63) is 66.0 Å². The summed E-state index contributed by atoms with van der Waals surface area (Å²) in [5, 5.41) is 24.6. The fourth-order valence-corrected chi connectivity index (χ4v) is 2.70. The standard InChI is InChI=1S/C20H25N5O2/c1-3-16-4-10-20(11-5-16)27-13-19(26)12-21-15(2)17-6-8-18(9-7-17)25-14-22-23-24-25/h4-11,14-15,19,21,26H,3,12-13H2,1-2H3. The molecule has 2 N–H and O–H groups in total. The Morgan fingerprint density at radius 1 is 1.11 bits per heavy atom. The molecule has 0 aliphatic carbocycles. The molecule has 7 nitrogen and oxygen atoms in total. The molecule has 0 fully saturated rings. The molecule has 7 heteroatoms. The van der Waals surface area contributed by atoms with Crippen LogP contribution in [0, 0.1) is 0 Å². The molecule has 3 rings (SSSR count). The van der Waals surface area contributed by atoms with E-state index in [-0.39, 0.29) is 12.6 Å². The normalized spacial score (nSPS) is 13.3. The number of aryl methyl sites for hydroxylation is 1. The van der Waals surface area contributed by atoms with E-state index in [1.54, 1.807) is 11.0 Å². The van der Waals surface area contributed by atoms with Crippen molar-refractivity contribution in [1.29, 1.82) is 0 Å². The number of aliphatic hydroxyl groups excluding tert-OH is 1. The second kappa shape index (κ2) is 9.25. The van der Waals surface area contributed by atoms with Gasteiger partial charge < -0.3 is 15.2 Å². The lowest BCUT2D eigenvalue weighted by Crippen LogP contribution is -2.33. The lowest BCUT2D eigenvalue weighted by Gasteiger charge is -2.18. The van der Waals surface area contributed by atoms with E-state index < -0.39 is 6.10 Å². The maximum Gasteiger partial charge on any atom is 0.143 e. The first-order chi connectivity index (χ1) is 13.2. The molecular formula is C20H25N5O2. The summed E-state index contributed by atoms with van der Waals surface area (Å²) in [5.74, 6) is 0.775. The Labute approximate surface area is 159 Å². The van der Waals surface area contributed by atoms with Gasteiger partial charge in [-0.15, -0.1) is 5.10 Å². The van der Waals surface area contributed by atoms with E-state index in [9.17, 15) is 5.11 Å². The Morgan fingerprint density at radius 3 is 2.48 bits per heavy atom. The van der Waals surface area contributed by atoms with E-state index in [1.807, 2.05) is 48.5 Å². The van der Waals surface area contributed by atoms with E-state index in [2.05, 4.69) is 34.7 Å². The SMILES string of the molecule is CCc1ccc(OCC(O)CNC(C)c2ccc(-n3cnnn3)cc2)cc1. The molecule has 0 aliphatic heterocycles. The first-order valence-electron chi connectivity index (χ1n) is 9.12. The summed E-state index contributed by atoms with van der Waals surface area (Å²) in [6, 6.07) is 16.0. The maximum absolute atomic E-state index is 10.2. The van der Waals surface area contributed by atoms with Crippen LogP contribution in [-0.2, 0) is 6.42 Å². The smallest absolute Gasteiger partial charge is 0.143 e. The molecule has 0 saturated carbocycles. The minimum Gasteiger partial charge on any atom is -0.491 e. The van der Waals surface area contributed by atoms with Crippen LogP contribution in [0.4, 0.5) is 0 Å². The monoisotopic (exact) mass is 367 g/mol. The molecule has 2 atom stereocenters. The predicted octanol–water partition coefficient (Wildman–Crippen LogP) is 2.32. The molecule has 1 aromatic heterocycles. The van der Waals surface area contributed by atoms with Gasteiger partial charge in [-0.3, -0.25) is 0 Å². The summed E-state index contributed by atoms with van der Waals surface area (Å²) in [4.78, 5) is 0. The van der Waals surface area contributed by atoms with E-state index in [1.165, 1.54) is 5.56 Å². The van der Waals surface area contributed by atoms with Gasteiger partial charge in [0.15, 0.2) is 0 Å². The van der Waals surface area contributed by atoms with Crippen LogP contribution in [0.2, 0.25) is 0 Å². The molecule has 0 saturated heterocycles. The molecule has 2 unspecified atom stereocenters. The number of aromatic nitrogens is 4. The highest BCUT2D eigenvalue weighted by atomic mass is 16.5. The van der Waals surface area contributed by atoms with Crippen molar-refractivity contribution in [3.63, 3.8) is 0 Å². The number of nitrogens with zero attached hydrogens (tertiary/aromatic N) is 4. The molecule has 0 radical (unpaired) electrons. The topological polar surface area (TPSA) is 85.1 Å². The zero-order chi connectivity index (χ0) is 19.1. The van der Waals surface area contributed by atoms with Crippen LogP contribution in [0.3, 0.4) is 0 Å². The fraction of sp³-hybridized carbons (Fsp3) is 0.350. The van der Waals surface area contributed by atoms with Crippen LogP contribution in [-0.4, -0.2) is 44.6 Å². The minimum absolute atomic E-state index is 0.103. The number of nitrogens with one attached hydrogen (secondary N) is 1. The third-order valence-corrected chi connectivity index (χ3v) is 4.44. The van der Waals surface area contributed by atoms with Crippen LogP contribution >= 0.6 is 0 Å². The largest absolute Gasteiger partial charge is 0.491 e. The lowest BCUT2D eigenvalue weighted by atomic mass is 10.1. The van der Waals surface area contributed by atoms with Gasteiger partial charge in [-0.2, -0.15) is 0 Å². The minimum atomic E-state index is -0.584. The molecule has 0 spiro atoms. The van der Waals surface area contributed by atoms with Crippen molar-refractivity contribution in [2.75, 3.05) is 13.2 Å². The van der Waals surface area contributed by atoms with Gasteiger partial charge in [0.05, 0.1) is 5.69 Å². The number of hydrogen-bond acceptors (Lipinski definition) is 6. The molecular weight excluding hydrogens is 342 g/mol. The molecule has 0 amide bonds. The Kier molecular flexibility index (Phi) is 6.51. The first kappa shape index (κ1) is 19.0. The summed E-state index contributed by atoms with van der Waals surface area (Å²) >= 11 is 0.